The Labute approximate surface area is 364 Å². The summed E-state index contributed by atoms with van der Waals surface area (Å²) in [5.74, 6) is -3.16. The fourth-order valence-electron chi connectivity index (χ4n) is 6.97. The van der Waals surface area contributed by atoms with Crippen LogP contribution in [-0.2, 0) is 25.6 Å². The molecule has 0 fully saturated rings. The van der Waals surface area contributed by atoms with E-state index >= 15 is 0 Å². The SMILES string of the molecule is CC1NC(=O)C(N(C)C(=O)C(CCCCN)NC(=O)c2ccc(-c3cc(Cl)cc(Cl)c3)cc2)c2ccc(OCCN)c(c2)-c2cc(ccc2OCCN)CC(C(=O)O)NC1=O. The van der Waals surface area contributed by atoms with E-state index in [9.17, 15) is 29.1 Å². The van der Waals surface area contributed by atoms with Gasteiger partial charge < -0.3 is 52.6 Å². The number of benzene rings is 4. The third kappa shape index (κ3) is 12.0. The number of halogens is 2. The average molecular weight is 877 g/mol. The molecule has 0 spiro atoms. The quantitative estimate of drug-likeness (QED) is 0.0792. The fourth-order valence-corrected chi connectivity index (χ4v) is 7.50. The maximum Gasteiger partial charge on any atom is 0.326 e. The average Bonchev–Trinajstić information content (AvgIpc) is 3.23. The van der Waals surface area contributed by atoms with Gasteiger partial charge >= 0.3 is 5.97 Å². The van der Waals surface area contributed by atoms with Gasteiger partial charge in [0.15, 0.2) is 0 Å². The highest BCUT2D eigenvalue weighted by Gasteiger charge is 2.36. The smallest absolute Gasteiger partial charge is 0.326 e. The van der Waals surface area contributed by atoms with Gasteiger partial charge in [0.1, 0.15) is 48.9 Å². The number of carboxylic acids is 1. The Kier molecular flexibility index (Phi) is 16.5. The van der Waals surface area contributed by atoms with E-state index < -0.39 is 53.8 Å². The molecule has 4 atom stereocenters. The number of amides is 4. The van der Waals surface area contributed by atoms with Gasteiger partial charge in [-0.3, -0.25) is 19.2 Å². The van der Waals surface area contributed by atoms with E-state index in [0.717, 1.165) is 11.1 Å². The molecule has 324 valence electrons. The van der Waals surface area contributed by atoms with Gasteiger partial charge in [-0.2, -0.15) is 0 Å². The molecule has 1 aliphatic rings. The molecule has 15 nitrogen and oxygen atoms in total. The number of nitrogens with one attached hydrogen (secondary N) is 3. The lowest BCUT2D eigenvalue weighted by Crippen LogP contribution is -2.54. The van der Waals surface area contributed by atoms with E-state index in [0.29, 0.717) is 63.2 Å². The zero-order valence-electron chi connectivity index (χ0n) is 33.9. The Morgan fingerprint density at radius 3 is 2.03 bits per heavy atom. The van der Waals surface area contributed by atoms with Gasteiger partial charge in [-0.05, 0) is 110 Å². The van der Waals surface area contributed by atoms with Gasteiger partial charge in [-0.1, -0.05) is 47.5 Å². The molecule has 4 aromatic rings. The highest BCUT2D eigenvalue weighted by Crippen LogP contribution is 2.40. The van der Waals surface area contributed by atoms with E-state index in [4.69, 9.17) is 49.9 Å². The molecule has 0 saturated heterocycles. The van der Waals surface area contributed by atoms with Crippen molar-refractivity contribution in [3.8, 4) is 33.8 Å². The zero-order valence-corrected chi connectivity index (χ0v) is 35.4. The van der Waals surface area contributed by atoms with Crippen LogP contribution >= 0.6 is 23.2 Å². The fraction of sp³-hybridized carbons (Fsp3) is 0.341. The van der Waals surface area contributed by atoms with E-state index in [1.807, 2.05) is 0 Å². The summed E-state index contributed by atoms with van der Waals surface area (Å²) in [6, 6.07) is 16.8. The molecule has 0 radical (unpaired) electrons. The number of carbonyl (C=O) groups is 5. The summed E-state index contributed by atoms with van der Waals surface area (Å²) in [6.07, 6.45) is 1.15. The number of fused-ring (bicyclic) bond motifs is 5. The van der Waals surface area contributed by atoms with Gasteiger partial charge in [0, 0.05) is 53.3 Å². The number of rotatable bonds is 16. The molecule has 4 bridgehead atoms. The third-order valence-electron chi connectivity index (χ3n) is 10.1. The molecule has 10 N–H and O–H groups in total. The lowest BCUT2D eigenvalue weighted by atomic mass is 9.93. The standard InChI is InChI=1S/C44H51Cl2N7O8/c1-25-40(54)52-36(44(58)59)20-26-6-12-37(60-17-15-48)33(19-26)34-23-29(11-13-38(34)61-18-16-49)39(42(56)50-25)53(2)43(57)35(5-3-4-14-47)51-41(55)28-9-7-27(8-10-28)30-21-31(45)24-32(46)22-30/h6-13,19,21-25,35-36,39H,3-5,14-18,20,47-49H2,1-2H3,(H,50,56)(H,51,55)(H,52,54)(H,58,59). The van der Waals surface area contributed by atoms with Crippen LogP contribution in [-0.4, -0.2) is 97.6 Å². The molecule has 0 aliphatic carbocycles. The molecule has 0 aromatic heterocycles. The van der Waals surface area contributed by atoms with E-state index in [1.165, 1.54) is 18.9 Å². The molecule has 4 amide bonds. The number of hydrogen-bond donors (Lipinski definition) is 7. The predicted molar refractivity (Wildman–Crippen MR) is 233 cm³/mol. The molecule has 0 saturated carbocycles. The Hall–Kier alpha value is -5.71. The summed E-state index contributed by atoms with van der Waals surface area (Å²) in [6.45, 7) is 2.45. The van der Waals surface area contributed by atoms with Crippen molar-refractivity contribution in [1.29, 1.82) is 0 Å². The number of ether oxygens (including phenoxy) is 2. The summed E-state index contributed by atoms with van der Waals surface area (Å²) in [7, 11) is 1.43. The first-order valence-electron chi connectivity index (χ1n) is 19.8. The van der Waals surface area contributed by atoms with E-state index in [1.54, 1.807) is 78.9 Å². The first kappa shape index (κ1) is 46.4. The van der Waals surface area contributed by atoms with Crippen LogP contribution in [0.5, 0.6) is 11.5 Å². The molecule has 5 rings (SSSR count). The summed E-state index contributed by atoms with van der Waals surface area (Å²) >= 11 is 12.4. The first-order chi connectivity index (χ1) is 29.2. The minimum Gasteiger partial charge on any atom is -0.492 e. The second kappa shape index (κ2) is 21.7. The van der Waals surface area contributed by atoms with Crippen molar-refractivity contribution < 1.29 is 38.6 Å². The molecule has 61 heavy (non-hydrogen) atoms. The molecule has 17 heteroatoms. The van der Waals surface area contributed by atoms with Crippen LogP contribution in [0, 0.1) is 0 Å². The van der Waals surface area contributed by atoms with Crippen LogP contribution in [0.1, 0.15) is 53.7 Å². The van der Waals surface area contributed by atoms with Crippen LogP contribution in [0.25, 0.3) is 22.3 Å². The number of nitrogens with zero attached hydrogens (tertiary/aromatic N) is 1. The predicted octanol–water partition coefficient (Wildman–Crippen LogP) is 4.06. The van der Waals surface area contributed by atoms with Crippen molar-refractivity contribution in [1.82, 2.24) is 20.9 Å². The first-order valence-corrected chi connectivity index (χ1v) is 20.6. The van der Waals surface area contributed by atoms with Crippen molar-refractivity contribution in [2.45, 2.75) is 56.8 Å². The summed E-state index contributed by atoms with van der Waals surface area (Å²) in [5.41, 5.74) is 21.0. The zero-order chi connectivity index (χ0) is 44.2. The van der Waals surface area contributed by atoms with Crippen molar-refractivity contribution >= 4 is 52.8 Å². The number of carbonyl (C=O) groups excluding carboxylic acids is 4. The number of nitrogens with two attached hydrogens (primary N) is 3. The minimum atomic E-state index is -1.38. The minimum absolute atomic E-state index is 0.0946. The molecule has 4 unspecified atom stereocenters. The van der Waals surface area contributed by atoms with Gasteiger partial charge in [-0.25, -0.2) is 4.79 Å². The van der Waals surface area contributed by atoms with Gasteiger partial charge in [0.2, 0.25) is 17.7 Å². The van der Waals surface area contributed by atoms with Crippen molar-refractivity contribution in [2.75, 3.05) is 39.9 Å². The van der Waals surface area contributed by atoms with Crippen molar-refractivity contribution in [2.24, 2.45) is 17.2 Å². The summed E-state index contributed by atoms with van der Waals surface area (Å²) in [4.78, 5) is 69.9. The van der Waals surface area contributed by atoms with Crippen molar-refractivity contribution in [3.05, 3.63) is 106 Å². The Morgan fingerprint density at radius 1 is 0.803 bits per heavy atom. The Balaban J connectivity index is 1.57. The molecular weight excluding hydrogens is 825 g/mol. The van der Waals surface area contributed by atoms with E-state index in [2.05, 4.69) is 16.0 Å². The van der Waals surface area contributed by atoms with Crippen LogP contribution in [0.2, 0.25) is 10.0 Å². The van der Waals surface area contributed by atoms with E-state index in [-0.39, 0.29) is 44.7 Å². The molecule has 4 aromatic carbocycles. The molecule has 1 heterocycles. The third-order valence-corrected chi connectivity index (χ3v) is 10.5. The Bertz CT molecular complexity index is 2200. The number of hydrogen-bond acceptors (Lipinski definition) is 10. The summed E-state index contributed by atoms with van der Waals surface area (Å²) < 4.78 is 12.1. The second-order valence-electron chi connectivity index (χ2n) is 14.6. The monoisotopic (exact) mass is 875 g/mol. The van der Waals surface area contributed by atoms with Crippen molar-refractivity contribution in [3.63, 3.8) is 0 Å². The number of carboxylic acid groups (broad SMARTS) is 1. The lowest BCUT2D eigenvalue weighted by molar-refractivity contribution is -0.143. The largest absolute Gasteiger partial charge is 0.492 e. The maximum atomic E-state index is 14.7. The lowest BCUT2D eigenvalue weighted by Gasteiger charge is -2.32. The maximum absolute atomic E-state index is 14.7. The summed E-state index contributed by atoms with van der Waals surface area (Å²) in [5, 5.41) is 19.1. The number of likely N-dealkylation sites (N-methyl/N-ethyl adjacent to an activating group) is 1. The van der Waals surface area contributed by atoms with Gasteiger partial charge in [0.05, 0.1) is 0 Å². The molecule has 1 aliphatic heterocycles. The highest BCUT2D eigenvalue weighted by molar-refractivity contribution is 6.35. The Morgan fingerprint density at radius 2 is 1.43 bits per heavy atom. The number of unbranched alkanes of at least 4 members (excludes halogenated alkanes) is 1. The second-order valence-corrected chi connectivity index (χ2v) is 15.5. The highest BCUT2D eigenvalue weighted by atomic mass is 35.5. The number of aliphatic carboxylic acids is 1. The van der Waals surface area contributed by atoms with Crippen LogP contribution < -0.4 is 42.6 Å². The van der Waals surface area contributed by atoms with Gasteiger partial charge in [0.25, 0.3) is 5.91 Å². The normalized spacial score (nSPS) is 16.9. The van der Waals surface area contributed by atoms with Gasteiger partial charge in [-0.15, -0.1) is 0 Å². The van der Waals surface area contributed by atoms with Crippen LogP contribution in [0.15, 0.2) is 78.9 Å². The van der Waals surface area contributed by atoms with Crippen LogP contribution in [0.4, 0.5) is 0 Å². The topological polar surface area (TPSA) is 241 Å². The van der Waals surface area contributed by atoms with Crippen LogP contribution in [0.3, 0.4) is 0 Å². The molecular formula is C44H51Cl2N7O8.